The van der Waals surface area contributed by atoms with E-state index in [2.05, 4.69) is 83.3 Å². The van der Waals surface area contributed by atoms with E-state index in [0.717, 1.165) is 4.43 Å². The van der Waals surface area contributed by atoms with Crippen molar-refractivity contribution in [2.24, 2.45) is 0 Å². The van der Waals surface area contributed by atoms with Crippen LogP contribution in [0.3, 0.4) is 0 Å². The first kappa shape index (κ1) is 15.0. The molecule has 21 heavy (non-hydrogen) atoms. The van der Waals surface area contributed by atoms with Gasteiger partial charge in [0.25, 0.3) is 0 Å². The van der Waals surface area contributed by atoms with Crippen LogP contribution in [0.15, 0.2) is 60.7 Å². The molecule has 2 aromatic carbocycles. The molecule has 1 aliphatic rings. The molecule has 1 fully saturated rings. The molecule has 1 heterocycles. The molecule has 1 aliphatic heterocycles. The van der Waals surface area contributed by atoms with Crippen LogP contribution in [0.2, 0.25) is 0 Å². The molecule has 2 aromatic rings. The third-order valence-electron chi connectivity index (χ3n) is 3.81. The second-order valence-corrected chi connectivity index (χ2v) is 6.17. The van der Waals surface area contributed by atoms with Gasteiger partial charge in [0.1, 0.15) is 0 Å². The molecule has 0 amide bonds. The van der Waals surface area contributed by atoms with E-state index in [-0.39, 0.29) is 18.1 Å². The Morgan fingerprint density at radius 2 is 1.48 bits per heavy atom. The largest absolute Gasteiger partial charge is 0.376 e. The third-order valence-corrected chi connectivity index (χ3v) is 4.80. The topological polar surface area (TPSA) is 18.5 Å². The molecule has 2 nitrogen and oxygen atoms in total. The lowest BCUT2D eigenvalue weighted by Crippen LogP contribution is -2.40. The van der Waals surface area contributed by atoms with Crippen LogP contribution in [0.25, 0.3) is 0 Å². The van der Waals surface area contributed by atoms with Gasteiger partial charge in [0.05, 0.1) is 25.4 Å². The standard InChI is InChI=1S/C18H19IO2/c19-11-16-12-20-13-17(21-16)18(14-7-3-1-4-8-14)15-9-5-2-6-10-15/h1-10,16-18H,11-13H2/t16-,17-/m0/s1. The van der Waals surface area contributed by atoms with Crippen LogP contribution in [-0.4, -0.2) is 29.8 Å². The summed E-state index contributed by atoms with van der Waals surface area (Å²) >= 11 is 2.36. The predicted molar refractivity (Wildman–Crippen MR) is 93.1 cm³/mol. The highest BCUT2D eigenvalue weighted by atomic mass is 127. The number of hydrogen-bond acceptors (Lipinski definition) is 2. The van der Waals surface area contributed by atoms with Crippen molar-refractivity contribution >= 4 is 22.6 Å². The Balaban J connectivity index is 1.93. The Morgan fingerprint density at radius 1 is 0.905 bits per heavy atom. The molecule has 0 N–H and O–H groups in total. The van der Waals surface area contributed by atoms with Gasteiger partial charge < -0.3 is 9.47 Å². The average molecular weight is 394 g/mol. The summed E-state index contributed by atoms with van der Waals surface area (Å²) in [6, 6.07) is 21.2. The molecule has 0 aliphatic carbocycles. The van der Waals surface area contributed by atoms with Crippen molar-refractivity contribution in [3.8, 4) is 0 Å². The van der Waals surface area contributed by atoms with E-state index in [1.54, 1.807) is 0 Å². The van der Waals surface area contributed by atoms with Gasteiger partial charge in [0, 0.05) is 10.3 Å². The van der Waals surface area contributed by atoms with Crippen LogP contribution < -0.4 is 0 Å². The number of halogens is 1. The molecular weight excluding hydrogens is 375 g/mol. The Bertz CT molecular complexity index is 504. The minimum Gasteiger partial charge on any atom is -0.376 e. The summed E-state index contributed by atoms with van der Waals surface area (Å²) in [5.41, 5.74) is 2.57. The molecule has 0 radical (unpaired) electrons. The number of ether oxygens (including phenoxy) is 2. The Kier molecular flexibility index (Phi) is 5.27. The fraction of sp³-hybridized carbons (Fsp3) is 0.333. The van der Waals surface area contributed by atoms with Gasteiger partial charge in [-0.15, -0.1) is 0 Å². The smallest absolute Gasteiger partial charge is 0.0922 e. The summed E-state index contributed by atoms with van der Waals surface area (Å²) in [5.74, 6) is 0.221. The number of benzene rings is 2. The van der Waals surface area contributed by atoms with Gasteiger partial charge in [-0.3, -0.25) is 0 Å². The second-order valence-electron chi connectivity index (χ2n) is 5.29. The highest BCUT2D eigenvalue weighted by molar-refractivity contribution is 14.1. The first-order valence-electron chi connectivity index (χ1n) is 7.27. The second kappa shape index (κ2) is 7.38. The highest BCUT2D eigenvalue weighted by Crippen LogP contribution is 2.32. The monoisotopic (exact) mass is 394 g/mol. The summed E-state index contributed by atoms with van der Waals surface area (Å²) in [4.78, 5) is 0. The van der Waals surface area contributed by atoms with Crippen LogP contribution in [0.1, 0.15) is 17.0 Å². The fourth-order valence-corrected chi connectivity index (χ4v) is 3.30. The van der Waals surface area contributed by atoms with Crippen molar-refractivity contribution in [1.29, 1.82) is 0 Å². The Labute approximate surface area is 139 Å². The highest BCUT2D eigenvalue weighted by Gasteiger charge is 2.31. The molecule has 0 bridgehead atoms. The summed E-state index contributed by atoms with van der Waals surface area (Å²) in [6.45, 7) is 1.36. The Morgan fingerprint density at radius 3 is 2.00 bits per heavy atom. The van der Waals surface area contributed by atoms with E-state index in [1.165, 1.54) is 11.1 Å². The van der Waals surface area contributed by atoms with E-state index < -0.39 is 0 Å². The molecular formula is C18H19IO2. The molecule has 110 valence electrons. The average Bonchev–Trinajstić information content (AvgIpc) is 2.57. The summed E-state index contributed by atoms with van der Waals surface area (Å²) < 4.78 is 13.0. The maximum atomic E-state index is 6.27. The van der Waals surface area contributed by atoms with Crippen LogP contribution in [0.5, 0.6) is 0 Å². The maximum Gasteiger partial charge on any atom is 0.0922 e. The lowest BCUT2D eigenvalue weighted by molar-refractivity contribution is -0.132. The van der Waals surface area contributed by atoms with Crippen molar-refractivity contribution in [1.82, 2.24) is 0 Å². The van der Waals surface area contributed by atoms with Crippen molar-refractivity contribution in [3.63, 3.8) is 0 Å². The summed E-state index contributed by atoms with van der Waals surface area (Å²) in [5, 5.41) is 0. The zero-order valence-corrected chi connectivity index (χ0v) is 14.0. The zero-order valence-electron chi connectivity index (χ0n) is 11.8. The van der Waals surface area contributed by atoms with Crippen LogP contribution >= 0.6 is 22.6 Å². The quantitative estimate of drug-likeness (QED) is 0.576. The van der Waals surface area contributed by atoms with Gasteiger partial charge in [0.15, 0.2) is 0 Å². The van der Waals surface area contributed by atoms with Crippen LogP contribution in [0.4, 0.5) is 0 Å². The molecule has 0 spiro atoms. The van der Waals surface area contributed by atoms with Crippen molar-refractivity contribution in [2.75, 3.05) is 17.6 Å². The van der Waals surface area contributed by atoms with Crippen molar-refractivity contribution in [3.05, 3.63) is 71.8 Å². The van der Waals surface area contributed by atoms with Gasteiger partial charge >= 0.3 is 0 Å². The van der Waals surface area contributed by atoms with E-state index in [1.807, 2.05) is 0 Å². The Hall–Kier alpha value is -0.910. The van der Waals surface area contributed by atoms with E-state index in [0.29, 0.717) is 13.2 Å². The normalized spacial score (nSPS) is 22.4. The zero-order chi connectivity index (χ0) is 14.5. The lowest BCUT2D eigenvalue weighted by atomic mass is 9.86. The SMILES string of the molecule is IC[C@H]1COC[C@@H](C(c2ccccc2)c2ccccc2)O1. The van der Waals surface area contributed by atoms with Crippen LogP contribution in [0, 0.1) is 0 Å². The van der Waals surface area contributed by atoms with Crippen molar-refractivity contribution < 1.29 is 9.47 Å². The van der Waals surface area contributed by atoms with Gasteiger partial charge in [0.2, 0.25) is 0 Å². The predicted octanol–water partition coefficient (Wildman–Crippen LogP) is 4.04. The molecule has 0 unspecified atom stereocenters. The minimum absolute atomic E-state index is 0.0725. The third kappa shape index (κ3) is 3.65. The summed E-state index contributed by atoms with van der Waals surface area (Å²) in [6.07, 6.45) is 0.266. The molecule has 3 heteroatoms. The van der Waals surface area contributed by atoms with Gasteiger partial charge in [-0.2, -0.15) is 0 Å². The van der Waals surface area contributed by atoms with E-state index in [4.69, 9.17) is 9.47 Å². The number of alkyl halides is 1. The lowest BCUT2D eigenvalue weighted by Gasteiger charge is -2.35. The molecule has 0 aromatic heterocycles. The van der Waals surface area contributed by atoms with Gasteiger partial charge in [-0.25, -0.2) is 0 Å². The first-order valence-corrected chi connectivity index (χ1v) is 8.80. The van der Waals surface area contributed by atoms with Gasteiger partial charge in [-0.1, -0.05) is 83.3 Å². The first-order chi connectivity index (χ1) is 10.4. The molecule has 0 saturated carbocycles. The molecule has 3 rings (SSSR count). The van der Waals surface area contributed by atoms with Gasteiger partial charge in [-0.05, 0) is 11.1 Å². The maximum absolute atomic E-state index is 6.27. The van der Waals surface area contributed by atoms with Crippen LogP contribution in [-0.2, 0) is 9.47 Å². The number of hydrogen-bond donors (Lipinski definition) is 0. The van der Waals surface area contributed by atoms with Crippen molar-refractivity contribution in [2.45, 2.75) is 18.1 Å². The summed E-state index contributed by atoms with van der Waals surface area (Å²) in [7, 11) is 0. The minimum atomic E-state index is 0.0725. The van der Waals surface area contributed by atoms with E-state index >= 15 is 0 Å². The van der Waals surface area contributed by atoms with E-state index in [9.17, 15) is 0 Å². The molecule has 1 saturated heterocycles. The fourth-order valence-electron chi connectivity index (χ4n) is 2.84. The molecule has 2 atom stereocenters. The number of rotatable bonds is 4.